The number of nitrogens with two attached hydrogens (primary N) is 1. The van der Waals surface area contributed by atoms with Gasteiger partial charge in [0.05, 0.1) is 5.69 Å². The van der Waals surface area contributed by atoms with Crippen LogP contribution in [-0.2, 0) is 10.0 Å². The molecule has 0 saturated heterocycles. The molecule has 0 heterocycles. The lowest BCUT2D eigenvalue weighted by atomic mass is 10.2. The topological polar surface area (TPSA) is 72.2 Å². The van der Waals surface area contributed by atoms with Gasteiger partial charge < -0.3 is 5.73 Å². The summed E-state index contributed by atoms with van der Waals surface area (Å²) in [5.41, 5.74) is 6.13. The maximum Gasteiger partial charge on any atom is 0.267 e. The zero-order valence-electron chi connectivity index (χ0n) is 11.4. The van der Waals surface area contributed by atoms with Crippen molar-refractivity contribution in [2.75, 3.05) is 10.5 Å². The summed E-state index contributed by atoms with van der Waals surface area (Å²) in [5.74, 6) is -12.1. The Balaban J connectivity index is 2.58. The first-order valence-corrected chi connectivity index (χ1v) is 7.45. The van der Waals surface area contributed by atoms with E-state index in [9.17, 15) is 30.4 Å². The number of hydrogen-bond donors (Lipinski definition) is 2. The second kappa shape index (κ2) is 5.69. The molecule has 0 aliphatic carbocycles. The monoisotopic (exact) mass is 352 g/mol. The number of anilines is 2. The van der Waals surface area contributed by atoms with E-state index in [1.54, 1.807) is 11.6 Å². The fourth-order valence-corrected chi connectivity index (χ4v) is 2.92. The number of aryl methyl sites for hydroxylation is 1. The quantitative estimate of drug-likeness (QED) is 0.386. The molecule has 0 unspecified atom stereocenters. The lowest BCUT2D eigenvalue weighted by Gasteiger charge is -2.12. The lowest BCUT2D eigenvalue weighted by Crippen LogP contribution is -2.19. The molecule has 4 nitrogen and oxygen atoms in total. The molecule has 0 radical (unpaired) electrons. The van der Waals surface area contributed by atoms with Gasteiger partial charge in [0.25, 0.3) is 10.0 Å². The summed E-state index contributed by atoms with van der Waals surface area (Å²) in [5, 5.41) is 0. The van der Waals surface area contributed by atoms with Crippen molar-refractivity contribution in [3.05, 3.63) is 52.8 Å². The number of rotatable bonds is 3. The van der Waals surface area contributed by atoms with E-state index in [0.29, 0.717) is 5.56 Å². The molecular weight excluding hydrogens is 343 g/mol. The van der Waals surface area contributed by atoms with Gasteiger partial charge in [-0.25, -0.2) is 30.4 Å². The molecule has 2 rings (SSSR count). The summed E-state index contributed by atoms with van der Waals surface area (Å²) < 4.78 is 92.0. The zero-order valence-corrected chi connectivity index (χ0v) is 12.2. The fourth-order valence-electron chi connectivity index (χ4n) is 1.73. The second-order valence-corrected chi connectivity index (χ2v) is 6.20. The van der Waals surface area contributed by atoms with Crippen molar-refractivity contribution in [1.82, 2.24) is 0 Å². The number of hydrogen-bond acceptors (Lipinski definition) is 3. The Hall–Kier alpha value is -2.36. The third-order valence-corrected chi connectivity index (χ3v) is 4.37. The van der Waals surface area contributed by atoms with Crippen LogP contribution in [0.25, 0.3) is 0 Å². The third kappa shape index (κ3) is 2.93. The van der Waals surface area contributed by atoms with E-state index in [-0.39, 0.29) is 11.4 Å². The van der Waals surface area contributed by atoms with Crippen LogP contribution in [0.2, 0.25) is 0 Å². The lowest BCUT2D eigenvalue weighted by molar-refractivity contribution is 0.358. The molecule has 0 aromatic heterocycles. The van der Waals surface area contributed by atoms with Crippen LogP contribution in [-0.4, -0.2) is 8.42 Å². The van der Waals surface area contributed by atoms with E-state index >= 15 is 0 Å². The first-order valence-electron chi connectivity index (χ1n) is 5.96. The van der Waals surface area contributed by atoms with Crippen molar-refractivity contribution in [3.8, 4) is 0 Å². The summed E-state index contributed by atoms with van der Waals surface area (Å²) in [4.78, 5) is -1.96. The number of sulfonamides is 1. The smallest absolute Gasteiger partial charge is 0.267 e. The predicted molar refractivity (Wildman–Crippen MR) is 72.6 cm³/mol. The molecule has 0 fully saturated rings. The van der Waals surface area contributed by atoms with Crippen LogP contribution in [0.15, 0.2) is 23.1 Å². The number of nitrogens with one attached hydrogen (secondary N) is 1. The Labute approximate surface area is 127 Å². The van der Waals surface area contributed by atoms with Crippen LogP contribution < -0.4 is 10.5 Å². The molecule has 2 aromatic rings. The van der Waals surface area contributed by atoms with E-state index in [0.717, 1.165) is 6.07 Å². The Morgan fingerprint density at radius 3 is 1.87 bits per heavy atom. The van der Waals surface area contributed by atoms with Gasteiger partial charge in [0.1, 0.15) is 0 Å². The summed E-state index contributed by atoms with van der Waals surface area (Å²) in [7, 11) is -5.07. The predicted octanol–water partition coefficient (Wildman–Crippen LogP) is 3.07. The highest BCUT2D eigenvalue weighted by atomic mass is 32.2. The summed E-state index contributed by atoms with van der Waals surface area (Å²) in [6, 6.07) is 3.76. The molecule has 0 bridgehead atoms. The van der Waals surface area contributed by atoms with Crippen molar-refractivity contribution in [3.63, 3.8) is 0 Å². The molecule has 10 heteroatoms. The van der Waals surface area contributed by atoms with Crippen LogP contribution in [0.3, 0.4) is 0 Å². The third-order valence-electron chi connectivity index (χ3n) is 2.97. The molecule has 23 heavy (non-hydrogen) atoms. The normalized spacial score (nSPS) is 11.6. The van der Waals surface area contributed by atoms with E-state index in [1.807, 2.05) is 0 Å². The van der Waals surface area contributed by atoms with Gasteiger partial charge in [-0.1, -0.05) is 6.07 Å². The Morgan fingerprint density at radius 2 is 1.39 bits per heavy atom. The molecule has 0 atom stereocenters. The van der Waals surface area contributed by atoms with E-state index in [4.69, 9.17) is 5.73 Å². The minimum absolute atomic E-state index is 0.169. The van der Waals surface area contributed by atoms with Gasteiger partial charge in [0.15, 0.2) is 28.2 Å². The van der Waals surface area contributed by atoms with E-state index in [2.05, 4.69) is 0 Å². The molecule has 0 amide bonds. The average molecular weight is 352 g/mol. The van der Waals surface area contributed by atoms with Crippen molar-refractivity contribution in [2.24, 2.45) is 0 Å². The fraction of sp³-hybridized carbons (Fsp3) is 0.0769. The zero-order chi connectivity index (χ0) is 17.5. The molecule has 124 valence electrons. The van der Waals surface area contributed by atoms with Crippen molar-refractivity contribution < 1.29 is 30.4 Å². The highest BCUT2D eigenvalue weighted by Crippen LogP contribution is 2.28. The summed E-state index contributed by atoms with van der Waals surface area (Å²) >= 11 is 0. The Bertz CT molecular complexity index is 871. The maximum absolute atomic E-state index is 13.6. The van der Waals surface area contributed by atoms with Crippen molar-refractivity contribution >= 4 is 21.4 Å². The molecule has 3 N–H and O–H groups in total. The molecule has 0 aliphatic rings. The molecule has 2 aromatic carbocycles. The summed E-state index contributed by atoms with van der Waals surface area (Å²) in [6.45, 7) is 1.62. The minimum atomic E-state index is -5.07. The van der Waals surface area contributed by atoms with Gasteiger partial charge >= 0.3 is 0 Å². The van der Waals surface area contributed by atoms with E-state index < -0.39 is 44.0 Å². The number of benzene rings is 2. The Morgan fingerprint density at radius 1 is 0.913 bits per heavy atom. The van der Waals surface area contributed by atoms with Gasteiger partial charge in [-0.3, -0.25) is 4.72 Å². The van der Waals surface area contributed by atoms with Crippen molar-refractivity contribution in [1.29, 1.82) is 0 Å². The van der Waals surface area contributed by atoms with Crippen LogP contribution in [0.5, 0.6) is 0 Å². The number of halogens is 5. The average Bonchev–Trinajstić information content (AvgIpc) is 2.46. The second-order valence-electron chi connectivity index (χ2n) is 4.58. The molecule has 0 spiro atoms. The molecular formula is C13H9F5N2O2S. The van der Waals surface area contributed by atoms with Gasteiger partial charge in [0, 0.05) is 5.69 Å². The van der Waals surface area contributed by atoms with Crippen LogP contribution >= 0.6 is 0 Å². The molecule has 0 saturated carbocycles. The molecule has 0 aliphatic heterocycles. The van der Waals surface area contributed by atoms with Crippen LogP contribution in [0.4, 0.5) is 33.3 Å². The van der Waals surface area contributed by atoms with Gasteiger partial charge in [-0.2, -0.15) is 0 Å². The standard InChI is InChI=1S/C13H9F5N2O2S/c1-5-2-3-6(4-7(5)19)20-23(21,22)13-11(17)9(15)8(14)10(16)12(13)18/h2-4,20H,19H2,1H3. The highest BCUT2D eigenvalue weighted by Gasteiger charge is 2.33. The Kier molecular flexibility index (Phi) is 4.20. The summed E-state index contributed by atoms with van der Waals surface area (Å²) in [6.07, 6.45) is 0. The van der Waals surface area contributed by atoms with Gasteiger partial charge in [0.2, 0.25) is 5.82 Å². The first-order chi connectivity index (χ1) is 10.6. The van der Waals surface area contributed by atoms with Gasteiger partial charge in [-0.05, 0) is 24.6 Å². The highest BCUT2D eigenvalue weighted by molar-refractivity contribution is 7.92. The SMILES string of the molecule is Cc1ccc(NS(=O)(=O)c2c(F)c(F)c(F)c(F)c2F)cc1N. The van der Waals surface area contributed by atoms with E-state index in [1.165, 1.54) is 12.1 Å². The van der Waals surface area contributed by atoms with Gasteiger partial charge in [-0.15, -0.1) is 0 Å². The first kappa shape index (κ1) is 17.0. The minimum Gasteiger partial charge on any atom is -0.398 e. The van der Waals surface area contributed by atoms with Crippen LogP contribution in [0, 0.1) is 36.0 Å². The van der Waals surface area contributed by atoms with Crippen LogP contribution in [0.1, 0.15) is 5.56 Å². The maximum atomic E-state index is 13.6. The largest absolute Gasteiger partial charge is 0.398 e. The number of nitrogen functional groups attached to an aromatic ring is 1. The van der Waals surface area contributed by atoms with Crippen molar-refractivity contribution in [2.45, 2.75) is 11.8 Å².